The van der Waals surface area contributed by atoms with Gasteiger partial charge in [-0.3, -0.25) is 4.79 Å². The number of aldehydes is 1. The standard InChI is InChI=1S/C20H22Cl2N2O3/c1-20(2,3)27-19(26)24-9-8-23-15-6-4-13(12-25)17(11-15)16-7-5-14(21)10-18(16)22/h4-7,10-12,23H,8-9H2,1-3H3,(H,24,26). The van der Waals surface area contributed by atoms with E-state index in [0.29, 0.717) is 34.3 Å². The molecule has 0 saturated heterocycles. The normalized spacial score (nSPS) is 11.0. The van der Waals surface area contributed by atoms with Crippen molar-refractivity contribution >= 4 is 41.3 Å². The van der Waals surface area contributed by atoms with Gasteiger partial charge in [-0.05, 0) is 56.7 Å². The molecule has 0 aromatic heterocycles. The number of hydrogen-bond acceptors (Lipinski definition) is 4. The molecule has 2 aromatic rings. The van der Waals surface area contributed by atoms with Crippen molar-refractivity contribution in [1.29, 1.82) is 0 Å². The number of carbonyl (C=O) groups excluding carboxylic acids is 2. The molecule has 0 aliphatic heterocycles. The van der Waals surface area contributed by atoms with E-state index in [1.54, 1.807) is 30.3 Å². The van der Waals surface area contributed by atoms with Crippen LogP contribution >= 0.6 is 23.2 Å². The summed E-state index contributed by atoms with van der Waals surface area (Å²) < 4.78 is 5.18. The Hall–Kier alpha value is -2.24. The summed E-state index contributed by atoms with van der Waals surface area (Å²) in [7, 11) is 0. The number of anilines is 1. The third kappa shape index (κ3) is 6.45. The van der Waals surface area contributed by atoms with E-state index in [9.17, 15) is 9.59 Å². The van der Waals surface area contributed by atoms with Gasteiger partial charge in [-0.1, -0.05) is 29.3 Å². The molecule has 0 aliphatic carbocycles. The highest BCUT2D eigenvalue weighted by Gasteiger charge is 2.15. The number of hydrogen-bond donors (Lipinski definition) is 2. The summed E-state index contributed by atoms with van der Waals surface area (Å²) in [5.74, 6) is 0. The summed E-state index contributed by atoms with van der Waals surface area (Å²) in [6, 6.07) is 10.5. The second kappa shape index (κ2) is 9.11. The number of ether oxygens (including phenoxy) is 1. The van der Waals surface area contributed by atoms with Crippen LogP contribution in [0.25, 0.3) is 11.1 Å². The van der Waals surface area contributed by atoms with Crippen LogP contribution in [0.15, 0.2) is 36.4 Å². The zero-order valence-corrected chi connectivity index (χ0v) is 16.9. The van der Waals surface area contributed by atoms with E-state index >= 15 is 0 Å². The highest BCUT2D eigenvalue weighted by atomic mass is 35.5. The predicted octanol–water partition coefficient (Wildman–Crippen LogP) is 5.41. The van der Waals surface area contributed by atoms with E-state index in [1.807, 2.05) is 26.8 Å². The Bertz CT molecular complexity index is 832. The lowest BCUT2D eigenvalue weighted by Crippen LogP contribution is -2.34. The first-order valence-electron chi connectivity index (χ1n) is 8.45. The largest absolute Gasteiger partial charge is 0.444 e. The van der Waals surface area contributed by atoms with E-state index in [2.05, 4.69) is 10.6 Å². The number of alkyl carbamates (subject to hydrolysis) is 1. The third-order valence-corrected chi connectivity index (χ3v) is 4.07. The van der Waals surface area contributed by atoms with Crippen LogP contribution in [0, 0.1) is 0 Å². The van der Waals surface area contributed by atoms with E-state index < -0.39 is 11.7 Å². The topological polar surface area (TPSA) is 67.4 Å². The third-order valence-electron chi connectivity index (χ3n) is 3.52. The van der Waals surface area contributed by atoms with Gasteiger partial charge in [0.1, 0.15) is 5.60 Å². The maximum atomic E-state index is 11.6. The van der Waals surface area contributed by atoms with Crippen LogP contribution in [-0.2, 0) is 4.74 Å². The summed E-state index contributed by atoms with van der Waals surface area (Å²) in [6.45, 7) is 6.31. The lowest BCUT2D eigenvalue weighted by atomic mass is 9.99. The Morgan fingerprint density at radius 1 is 1.07 bits per heavy atom. The molecule has 2 aromatic carbocycles. The predicted molar refractivity (Wildman–Crippen MR) is 110 cm³/mol. The SMILES string of the molecule is CC(C)(C)OC(=O)NCCNc1ccc(C=O)c(-c2ccc(Cl)cc2Cl)c1. The van der Waals surface area contributed by atoms with Crippen molar-refractivity contribution in [1.82, 2.24) is 5.32 Å². The second-order valence-electron chi connectivity index (χ2n) is 6.90. The van der Waals surface area contributed by atoms with Gasteiger partial charge < -0.3 is 15.4 Å². The van der Waals surface area contributed by atoms with Crippen molar-refractivity contribution in [3.63, 3.8) is 0 Å². The molecule has 0 fully saturated rings. The molecule has 0 spiro atoms. The van der Waals surface area contributed by atoms with E-state index in [0.717, 1.165) is 17.5 Å². The molecule has 0 heterocycles. The van der Waals surface area contributed by atoms with Gasteiger partial charge >= 0.3 is 6.09 Å². The quantitative estimate of drug-likeness (QED) is 0.495. The van der Waals surface area contributed by atoms with Gasteiger partial charge in [0.25, 0.3) is 0 Å². The van der Waals surface area contributed by atoms with Gasteiger partial charge in [0.05, 0.1) is 0 Å². The molecule has 0 aliphatic rings. The monoisotopic (exact) mass is 408 g/mol. The smallest absolute Gasteiger partial charge is 0.407 e. The lowest BCUT2D eigenvalue weighted by Gasteiger charge is -2.19. The molecule has 27 heavy (non-hydrogen) atoms. The molecule has 1 amide bonds. The van der Waals surface area contributed by atoms with Gasteiger partial charge in [-0.25, -0.2) is 4.79 Å². The maximum absolute atomic E-state index is 11.6. The Balaban J connectivity index is 2.05. The van der Waals surface area contributed by atoms with Crippen LogP contribution in [0.3, 0.4) is 0 Å². The summed E-state index contributed by atoms with van der Waals surface area (Å²) in [5, 5.41) is 6.87. The minimum absolute atomic E-state index is 0.390. The van der Waals surface area contributed by atoms with Crippen LogP contribution in [0.4, 0.5) is 10.5 Å². The summed E-state index contributed by atoms with van der Waals surface area (Å²) in [4.78, 5) is 23.0. The molecule has 0 saturated carbocycles. The Morgan fingerprint density at radius 3 is 2.44 bits per heavy atom. The lowest BCUT2D eigenvalue weighted by molar-refractivity contribution is 0.0530. The molecule has 0 radical (unpaired) electrons. The molecule has 2 rings (SSSR count). The Morgan fingerprint density at radius 2 is 1.81 bits per heavy atom. The summed E-state index contributed by atoms with van der Waals surface area (Å²) in [6.07, 6.45) is 0.322. The summed E-state index contributed by atoms with van der Waals surface area (Å²) in [5.41, 5.74) is 2.22. The average Bonchev–Trinajstić information content (AvgIpc) is 2.57. The number of halogens is 2. The maximum Gasteiger partial charge on any atom is 0.407 e. The van der Waals surface area contributed by atoms with Gasteiger partial charge in [0.2, 0.25) is 0 Å². The fraction of sp³-hybridized carbons (Fsp3) is 0.300. The van der Waals surface area contributed by atoms with Gasteiger partial charge in [0, 0.05) is 39.9 Å². The Kier molecular flexibility index (Phi) is 7.11. The van der Waals surface area contributed by atoms with Crippen LogP contribution in [-0.4, -0.2) is 31.1 Å². The minimum atomic E-state index is -0.533. The molecule has 144 valence electrons. The van der Waals surface area contributed by atoms with E-state index in [-0.39, 0.29) is 0 Å². The van der Waals surface area contributed by atoms with Gasteiger partial charge in [-0.15, -0.1) is 0 Å². The van der Waals surface area contributed by atoms with Crippen molar-refractivity contribution in [2.75, 3.05) is 18.4 Å². The van der Waals surface area contributed by atoms with Crippen molar-refractivity contribution in [3.05, 3.63) is 52.0 Å². The molecule has 0 atom stereocenters. The molecular formula is C20H22Cl2N2O3. The molecule has 7 heteroatoms. The first kappa shape index (κ1) is 21.1. The number of carbonyl (C=O) groups is 2. The highest BCUT2D eigenvalue weighted by Crippen LogP contribution is 2.33. The van der Waals surface area contributed by atoms with E-state index in [4.69, 9.17) is 27.9 Å². The molecule has 5 nitrogen and oxygen atoms in total. The average molecular weight is 409 g/mol. The van der Waals surface area contributed by atoms with Crippen LogP contribution in [0.5, 0.6) is 0 Å². The zero-order valence-electron chi connectivity index (χ0n) is 15.4. The second-order valence-corrected chi connectivity index (χ2v) is 7.74. The first-order valence-corrected chi connectivity index (χ1v) is 9.20. The molecule has 2 N–H and O–H groups in total. The van der Waals surface area contributed by atoms with Crippen molar-refractivity contribution < 1.29 is 14.3 Å². The van der Waals surface area contributed by atoms with E-state index in [1.165, 1.54) is 0 Å². The molecule has 0 bridgehead atoms. The number of benzene rings is 2. The van der Waals surface area contributed by atoms with Gasteiger partial charge in [0.15, 0.2) is 6.29 Å². The van der Waals surface area contributed by atoms with Crippen LogP contribution in [0.1, 0.15) is 31.1 Å². The summed E-state index contributed by atoms with van der Waals surface area (Å²) >= 11 is 12.2. The number of amides is 1. The number of rotatable bonds is 6. The Labute approximate surface area is 169 Å². The zero-order chi connectivity index (χ0) is 20.0. The van der Waals surface area contributed by atoms with Gasteiger partial charge in [-0.2, -0.15) is 0 Å². The fourth-order valence-corrected chi connectivity index (χ4v) is 2.91. The molecular weight excluding hydrogens is 387 g/mol. The van der Waals surface area contributed by atoms with Crippen molar-refractivity contribution in [3.8, 4) is 11.1 Å². The van der Waals surface area contributed by atoms with Crippen LogP contribution < -0.4 is 10.6 Å². The molecule has 0 unspecified atom stereocenters. The van der Waals surface area contributed by atoms with Crippen molar-refractivity contribution in [2.45, 2.75) is 26.4 Å². The fourth-order valence-electron chi connectivity index (χ4n) is 2.40. The number of nitrogens with one attached hydrogen (secondary N) is 2. The van der Waals surface area contributed by atoms with Crippen LogP contribution in [0.2, 0.25) is 10.0 Å². The highest BCUT2D eigenvalue weighted by molar-refractivity contribution is 6.36. The van der Waals surface area contributed by atoms with Crippen molar-refractivity contribution in [2.24, 2.45) is 0 Å². The minimum Gasteiger partial charge on any atom is -0.444 e. The first-order chi connectivity index (χ1) is 12.7.